The average molecular weight is 435 g/mol. The summed E-state index contributed by atoms with van der Waals surface area (Å²) < 4.78 is 29.7. The van der Waals surface area contributed by atoms with Crippen LogP contribution in [0.2, 0.25) is 0 Å². The summed E-state index contributed by atoms with van der Waals surface area (Å²) in [5, 5.41) is 7.26. The molecule has 7 nitrogen and oxygen atoms in total. The summed E-state index contributed by atoms with van der Waals surface area (Å²) in [6.45, 7) is 5.01. The van der Waals surface area contributed by atoms with Crippen LogP contribution in [0.1, 0.15) is 26.0 Å². The van der Waals surface area contributed by atoms with E-state index in [-0.39, 0.29) is 11.8 Å². The topological polar surface area (TPSA) is 96.6 Å². The predicted molar refractivity (Wildman–Crippen MR) is 119 cm³/mol. The van der Waals surface area contributed by atoms with Crippen LogP contribution < -0.4 is 10.6 Å². The lowest BCUT2D eigenvalue weighted by atomic mass is 10.3. The molecule has 2 N–H and O–H groups in total. The minimum absolute atomic E-state index is 0.0163. The van der Waals surface area contributed by atoms with Gasteiger partial charge in [0.25, 0.3) is 0 Å². The Morgan fingerprint density at radius 1 is 1.28 bits per heavy atom. The fourth-order valence-corrected chi connectivity index (χ4v) is 4.44. The Morgan fingerprint density at radius 2 is 2.07 bits per heavy atom. The van der Waals surface area contributed by atoms with Crippen molar-refractivity contribution in [2.75, 3.05) is 18.6 Å². The first-order valence-electron chi connectivity index (χ1n) is 9.51. The summed E-state index contributed by atoms with van der Waals surface area (Å²) in [6.07, 6.45) is 1.77. The van der Waals surface area contributed by atoms with Crippen LogP contribution in [0, 0.1) is 0 Å². The molecular formula is C20H26N4O3S2. The minimum atomic E-state index is -2.98. The van der Waals surface area contributed by atoms with Crippen molar-refractivity contribution in [3.63, 3.8) is 0 Å². The smallest absolute Gasteiger partial charge is 0.191 e. The number of hydrogen-bond acceptors (Lipinski definition) is 6. The molecular weight excluding hydrogens is 408 g/mol. The third kappa shape index (κ3) is 6.30. The lowest BCUT2D eigenvalue weighted by Gasteiger charge is -2.17. The summed E-state index contributed by atoms with van der Waals surface area (Å²) in [5.41, 5.74) is 0.963. The molecule has 0 bridgehead atoms. The molecule has 0 aliphatic rings. The maximum absolute atomic E-state index is 11.3. The Bertz CT molecular complexity index is 1050. The van der Waals surface area contributed by atoms with Crippen LogP contribution in [0.3, 0.4) is 0 Å². The summed E-state index contributed by atoms with van der Waals surface area (Å²) in [5.74, 6) is 2.24. The molecule has 0 fully saturated rings. The van der Waals surface area contributed by atoms with Crippen molar-refractivity contribution in [1.82, 2.24) is 15.6 Å². The van der Waals surface area contributed by atoms with Gasteiger partial charge in [-0.3, -0.25) is 0 Å². The monoisotopic (exact) mass is 434 g/mol. The van der Waals surface area contributed by atoms with Crippen molar-refractivity contribution < 1.29 is 12.8 Å². The molecule has 0 spiro atoms. The van der Waals surface area contributed by atoms with Gasteiger partial charge in [0.05, 0.1) is 16.0 Å². The maximum atomic E-state index is 11.3. The zero-order valence-corrected chi connectivity index (χ0v) is 18.4. The van der Waals surface area contributed by atoms with Crippen LogP contribution in [0.5, 0.6) is 0 Å². The molecule has 2 aromatic heterocycles. The molecule has 3 aromatic rings. The predicted octanol–water partition coefficient (Wildman–Crippen LogP) is 3.43. The van der Waals surface area contributed by atoms with Crippen LogP contribution in [0.15, 0.2) is 45.8 Å². The van der Waals surface area contributed by atoms with Crippen molar-refractivity contribution in [3.8, 4) is 10.8 Å². The van der Waals surface area contributed by atoms with Gasteiger partial charge in [0.1, 0.15) is 22.1 Å². The molecule has 156 valence electrons. The van der Waals surface area contributed by atoms with Gasteiger partial charge in [0.2, 0.25) is 0 Å². The normalized spacial score (nSPS) is 13.6. The highest BCUT2D eigenvalue weighted by Gasteiger charge is 2.12. The van der Waals surface area contributed by atoms with Crippen molar-refractivity contribution in [1.29, 1.82) is 0 Å². The van der Waals surface area contributed by atoms with E-state index in [0.717, 1.165) is 26.7 Å². The second-order valence-corrected chi connectivity index (χ2v) is 10.2. The zero-order chi connectivity index (χ0) is 20.9. The highest BCUT2D eigenvalue weighted by Crippen LogP contribution is 2.31. The number of fused-ring (bicyclic) bond motifs is 1. The van der Waals surface area contributed by atoms with Crippen LogP contribution in [-0.2, 0) is 16.4 Å². The van der Waals surface area contributed by atoms with Gasteiger partial charge >= 0.3 is 0 Å². The van der Waals surface area contributed by atoms with Gasteiger partial charge < -0.3 is 15.1 Å². The fraction of sp³-hybridized carbons (Fsp3) is 0.400. The number of hydrogen-bond donors (Lipinski definition) is 2. The number of rotatable bonds is 8. The van der Waals surface area contributed by atoms with Gasteiger partial charge in [-0.1, -0.05) is 12.1 Å². The Hall–Kier alpha value is -2.39. The standard InChI is InChI=1S/C20H26N4O3S2/c1-4-21-20(23-14(2)11-12-29(3,25)26)22-13-15-9-10-17(27-15)19-24-16-7-5-6-8-18(16)28-19/h5-10,14H,4,11-13H2,1-3H3,(H2,21,22,23). The number of thiazole rings is 1. The van der Waals surface area contributed by atoms with Crippen molar-refractivity contribution in [2.45, 2.75) is 32.9 Å². The largest absolute Gasteiger partial charge is 0.457 e. The molecule has 3 rings (SSSR count). The number of guanidine groups is 1. The van der Waals surface area contributed by atoms with Crippen LogP contribution >= 0.6 is 11.3 Å². The molecule has 1 aromatic carbocycles. The first kappa shape index (κ1) is 21.3. The number of aromatic nitrogens is 1. The lowest BCUT2D eigenvalue weighted by Crippen LogP contribution is -2.42. The molecule has 29 heavy (non-hydrogen) atoms. The molecule has 0 aliphatic heterocycles. The summed E-state index contributed by atoms with van der Waals surface area (Å²) in [4.78, 5) is 9.17. The van der Waals surface area contributed by atoms with Gasteiger partial charge in [-0.05, 0) is 44.5 Å². The molecule has 0 aliphatic carbocycles. The van der Waals surface area contributed by atoms with Crippen molar-refractivity contribution in [3.05, 3.63) is 42.2 Å². The number of nitrogens with one attached hydrogen (secondary N) is 2. The van der Waals surface area contributed by atoms with E-state index >= 15 is 0 Å². The quantitative estimate of drug-likeness (QED) is 0.416. The van der Waals surface area contributed by atoms with Gasteiger partial charge in [-0.15, -0.1) is 11.3 Å². The minimum Gasteiger partial charge on any atom is -0.457 e. The summed E-state index contributed by atoms with van der Waals surface area (Å²) in [7, 11) is -2.98. The number of furan rings is 1. The van der Waals surface area contributed by atoms with E-state index in [2.05, 4.69) is 20.6 Å². The highest BCUT2D eigenvalue weighted by atomic mass is 32.2. The molecule has 0 saturated heterocycles. The Kier molecular flexibility index (Phi) is 6.92. The van der Waals surface area contributed by atoms with Gasteiger partial charge in [0.15, 0.2) is 16.7 Å². The zero-order valence-electron chi connectivity index (χ0n) is 16.8. The molecule has 0 amide bonds. The molecule has 0 radical (unpaired) electrons. The van der Waals surface area contributed by atoms with E-state index in [1.807, 2.05) is 50.2 Å². The lowest BCUT2D eigenvalue weighted by molar-refractivity contribution is 0.523. The second kappa shape index (κ2) is 9.41. The maximum Gasteiger partial charge on any atom is 0.191 e. The third-order valence-electron chi connectivity index (χ3n) is 4.21. The van der Waals surface area contributed by atoms with Crippen LogP contribution in [-0.4, -0.2) is 44.0 Å². The Labute approximate surface area is 175 Å². The highest BCUT2D eigenvalue weighted by molar-refractivity contribution is 7.90. The van der Waals surface area contributed by atoms with Crippen LogP contribution in [0.25, 0.3) is 21.0 Å². The van der Waals surface area contributed by atoms with Gasteiger partial charge in [-0.25, -0.2) is 18.4 Å². The Morgan fingerprint density at radius 3 is 2.79 bits per heavy atom. The van der Waals surface area contributed by atoms with Gasteiger partial charge in [0, 0.05) is 18.8 Å². The summed E-state index contributed by atoms with van der Waals surface area (Å²) >= 11 is 1.60. The molecule has 0 saturated carbocycles. The third-order valence-corrected chi connectivity index (χ3v) is 6.24. The molecule has 1 atom stereocenters. The number of nitrogens with zero attached hydrogens (tertiary/aromatic N) is 2. The fourth-order valence-electron chi connectivity index (χ4n) is 2.73. The summed E-state index contributed by atoms with van der Waals surface area (Å²) in [6, 6.07) is 11.8. The van der Waals surface area contributed by atoms with E-state index in [0.29, 0.717) is 25.5 Å². The Balaban J connectivity index is 1.65. The molecule has 1 unspecified atom stereocenters. The molecule has 9 heteroatoms. The molecule has 2 heterocycles. The van der Waals surface area contributed by atoms with Crippen LogP contribution in [0.4, 0.5) is 0 Å². The van der Waals surface area contributed by atoms with Crippen molar-refractivity contribution >= 4 is 37.4 Å². The van der Waals surface area contributed by atoms with E-state index in [1.165, 1.54) is 6.26 Å². The van der Waals surface area contributed by atoms with E-state index in [9.17, 15) is 8.42 Å². The van der Waals surface area contributed by atoms with E-state index in [1.54, 1.807) is 11.3 Å². The number of para-hydroxylation sites is 1. The van der Waals surface area contributed by atoms with E-state index in [4.69, 9.17) is 4.42 Å². The average Bonchev–Trinajstić information content (AvgIpc) is 3.30. The first-order chi connectivity index (χ1) is 13.8. The SMILES string of the molecule is CCNC(=NCc1ccc(-c2nc3ccccc3s2)o1)NC(C)CCS(C)(=O)=O. The van der Waals surface area contributed by atoms with Gasteiger partial charge in [-0.2, -0.15) is 0 Å². The first-order valence-corrected chi connectivity index (χ1v) is 12.4. The number of aliphatic imine (C=N–C) groups is 1. The van der Waals surface area contributed by atoms with Crippen molar-refractivity contribution in [2.24, 2.45) is 4.99 Å². The number of sulfone groups is 1. The second-order valence-electron chi connectivity index (χ2n) is 6.91. The number of benzene rings is 1. The van der Waals surface area contributed by atoms with E-state index < -0.39 is 9.84 Å².